The molecule has 7 heteroatoms. The second-order valence-corrected chi connectivity index (χ2v) is 4.22. The zero-order valence-corrected chi connectivity index (χ0v) is 7.99. The molecule has 4 nitrogen and oxygen atoms in total. The molecular formula is C5H5Cl3N2O2. The topological polar surface area (TPSA) is 73.1 Å². The van der Waals surface area contributed by atoms with Crippen LogP contribution in [-0.2, 0) is 4.79 Å². The molecule has 0 aliphatic rings. The Morgan fingerprint density at radius 2 is 2.17 bits per heavy atom. The van der Waals surface area contributed by atoms with Gasteiger partial charge in [-0.1, -0.05) is 34.8 Å². The number of nitrogens with zero attached hydrogens (tertiary/aromatic N) is 1. The molecular weight excluding hydrogens is 226 g/mol. The van der Waals surface area contributed by atoms with Gasteiger partial charge in [0.15, 0.2) is 6.23 Å². The maximum Gasteiger partial charge on any atom is 0.236 e. The highest BCUT2D eigenvalue weighted by molar-refractivity contribution is 6.68. The third-order valence-corrected chi connectivity index (χ3v) is 1.47. The SMILES string of the molecule is N#CCC(=O)N[C@H](O)C(Cl)(Cl)Cl. The Kier molecular flexibility index (Phi) is 4.64. The van der Waals surface area contributed by atoms with Crippen molar-refractivity contribution < 1.29 is 9.90 Å². The molecule has 1 atom stereocenters. The third-order valence-electron chi connectivity index (χ3n) is 0.847. The normalized spacial score (nSPS) is 13.2. The molecule has 68 valence electrons. The molecule has 0 saturated carbocycles. The van der Waals surface area contributed by atoms with Crippen molar-refractivity contribution in [2.24, 2.45) is 0 Å². The molecule has 0 aliphatic heterocycles. The Morgan fingerprint density at radius 1 is 1.67 bits per heavy atom. The maximum atomic E-state index is 10.6. The van der Waals surface area contributed by atoms with E-state index in [0.29, 0.717) is 0 Å². The van der Waals surface area contributed by atoms with E-state index in [2.05, 4.69) is 0 Å². The summed E-state index contributed by atoms with van der Waals surface area (Å²) in [6.45, 7) is 0. The van der Waals surface area contributed by atoms with E-state index in [-0.39, 0.29) is 0 Å². The van der Waals surface area contributed by atoms with Crippen LogP contribution in [0.25, 0.3) is 0 Å². The third kappa shape index (κ3) is 4.62. The number of halogens is 3. The minimum atomic E-state index is -1.98. The fraction of sp³-hybridized carbons (Fsp3) is 0.600. The van der Waals surface area contributed by atoms with E-state index in [1.165, 1.54) is 0 Å². The number of amides is 1. The van der Waals surface area contributed by atoms with Gasteiger partial charge < -0.3 is 10.4 Å². The summed E-state index contributed by atoms with van der Waals surface area (Å²) in [5.41, 5.74) is 0. The van der Waals surface area contributed by atoms with Crippen LogP contribution in [0.2, 0.25) is 0 Å². The molecule has 0 aromatic carbocycles. The molecule has 0 saturated heterocycles. The predicted octanol–water partition coefficient (Wildman–Crippen LogP) is 0.705. The molecule has 1 amide bonds. The lowest BCUT2D eigenvalue weighted by molar-refractivity contribution is -0.122. The summed E-state index contributed by atoms with van der Waals surface area (Å²) in [5.74, 6) is -0.698. The molecule has 0 bridgehead atoms. The molecule has 0 aliphatic carbocycles. The first kappa shape index (κ1) is 11.8. The Hall–Kier alpha value is -0.210. The molecule has 12 heavy (non-hydrogen) atoms. The number of alkyl halides is 3. The van der Waals surface area contributed by atoms with Gasteiger partial charge in [0.2, 0.25) is 9.70 Å². The summed E-state index contributed by atoms with van der Waals surface area (Å²) in [7, 11) is 0. The van der Waals surface area contributed by atoms with E-state index in [0.717, 1.165) is 0 Å². The van der Waals surface area contributed by atoms with E-state index in [1.807, 2.05) is 5.32 Å². The van der Waals surface area contributed by atoms with Crippen LogP contribution in [0.15, 0.2) is 0 Å². The van der Waals surface area contributed by atoms with Crippen molar-refractivity contribution in [2.45, 2.75) is 16.4 Å². The van der Waals surface area contributed by atoms with Crippen LogP contribution < -0.4 is 5.32 Å². The van der Waals surface area contributed by atoms with Crippen LogP contribution in [0, 0.1) is 11.3 Å². The summed E-state index contributed by atoms with van der Waals surface area (Å²) < 4.78 is -1.98. The summed E-state index contributed by atoms with van der Waals surface area (Å²) >= 11 is 15.6. The van der Waals surface area contributed by atoms with Gasteiger partial charge in [-0.3, -0.25) is 4.79 Å². The van der Waals surface area contributed by atoms with Crippen molar-refractivity contribution in [3.63, 3.8) is 0 Å². The highest BCUT2D eigenvalue weighted by Gasteiger charge is 2.31. The molecule has 0 radical (unpaired) electrons. The number of aliphatic hydroxyl groups excluding tert-OH is 1. The van der Waals surface area contributed by atoms with Crippen molar-refractivity contribution in [1.82, 2.24) is 5.32 Å². The second-order valence-electron chi connectivity index (χ2n) is 1.85. The quantitative estimate of drug-likeness (QED) is 0.543. The predicted molar refractivity (Wildman–Crippen MR) is 44.7 cm³/mol. The second kappa shape index (κ2) is 4.73. The monoisotopic (exact) mass is 230 g/mol. The molecule has 0 aromatic heterocycles. The van der Waals surface area contributed by atoms with E-state index in [1.54, 1.807) is 6.07 Å². The first-order valence-corrected chi connectivity index (χ1v) is 3.92. The summed E-state index contributed by atoms with van der Waals surface area (Å²) in [5, 5.41) is 18.9. The smallest absolute Gasteiger partial charge is 0.236 e. The van der Waals surface area contributed by atoms with Gasteiger partial charge in [0.05, 0.1) is 6.07 Å². The van der Waals surface area contributed by atoms with Crippen molar-refractivity contribution >= 4 is 40.7 Å². The van der Waals surface area contributed by atoms with Gasteiger partial charge in [0.25, 0.3) is 0 Å². The van der Waals surface area contributed by atoms with E-state index >= 15 is 0 Å². The Balaban J connectivity index is 3.95. The van der Waals surface area contributed by atoms with Crippen LogP contribution in [-0.4, -0.2) is 21.0 Å². The standard InChI is InChI=1S/C5H5Cl3N2O2/c6-5(7,8)4(12)10-3(11)1-2-9/h4,12H,1H2,(H,10,11)/t4-/m1/s1. The number of carbonyl (C=O) groups excluding carboxylic acids is 1. The van der Waals surface area contributed by atoms with E-state index in [9.17, 15) is 4.79 Å². The van der Waals surface area contributed by atoms with E-state index in [4.69, 9.17) is 45.2 Å². The number of nitriles is 1. The van der Waals surface area contributed by atoms with Crippen LogP contribution in [0.4, 0.5) is 0 Å². The van der Waals surface area contributed by atoms with Gasteiger partial charge in [-0.15, -0.1) is 0 Å². The Labute approximate surface area is 84.0 Å². The number of hydrogen-bond acceptors (Lipinski definition) is 3. The van der Waals surface area contributed by atoms with Crippen molar-refractivity contribution in [3.8, 4) is 6.07 Å². The number of hydrogen-bond donors (Lipinski definition) is 2. The van der Waals surface area contributed by atoms with Gasteiger partial charge in [-0.25, -0.2) is 0 Å². The molecule has 0 unspecified atom stereocenters. The molecule has 0 fully saturated rings. The average Bonchev–Trinajstić information content (AvgIpc) is 1.85. The molecule has 0 aromatic rings. The fourth-order valence-corrected chi connectivity index (χ4v) is 0.521. The summed E-state index contributed by atoms with van der Waals surface area (Å²) in [6, 6.07) is 1.57. The number of carbonyl (C=O) groups is 1. The Morgan fingerprint density at radius 3 is 2.50 bits per heavy atom. The lowest BCUT2D eigenvalue weighted by Gasteiger charge is -2.19. The molecule has 0 spiro atoms. The van der Waals surface area contributed by atoms with Crippen LogP contribution >= 0.6 is 34.8 Å². The van der Waals surface area contributed by atoms with Gasteiger partial charge in [0, 0.05) is 0 Å². The molecule has 2 N–H and O–H groups in total. The Bertz CT molecular complexity index is 208. The average molecular weight is 231 g/mol. The van der Waals surface area contributed by atoms with Crippen molar-refractivity contribution in [1.29, 1.82) is 5.26 Å². The van der Waals surface area contributed by atoms with E-state index < -0.39 is 22.3 Å². The highest BCUT2D eigenvalue weighted by Crippen LogP contribution is 2.28. The highest BCUT2D eigenvalue weighted by atomic mass is 35.6. The fourth-order valence-electron chi connectivity index (χ4n) is 0.357. The minimum absolute atomic E-state index is 0.391. The van der Waals surface area contributed by atoms with Crippen molar-refractivity contribution in [3.05, 3.63) is 0 Å². The summed E-state index contributed by atoms with van der Waals surface area (Å²) in [4.78, 5) is 10.6. The molecule has 0 rings (SSSR count). The van der Waals surface area contributed by atoms with Gasteiger partial charge in [-0.2, -0.15) is 5.26 Å². The van der Waals surface area contributed by atoms with Crippen LogP contribution in [0.5, 0.6) is 0 Å². The van der Waals surface area contributed by atoms with Gasteiger partial charge in [0.1, 0.15) is 6.42 Å². The zero-order valence-electron chi connectivity index (χ0n) is 5.72. The number of rotatable bonds is 2. The summed E-state index contributed by atoms with van der Waals surface area (Å²) in [6.07, 6.45) is -2.00. The number of nitrogens with one attached hydrogen (secondary N) is 1. The van der Waals surface area contributed by atoms with Gasteiger partial charge in [-0.05, 0) is 0 Å². The van der Waals surface area contributed by atoms with Crippen LogP contribution in [0.1, 0.15) is 6.42 Å². The molecule has 0 heterocycles. The van der Waals surface area contributed by atoms with Gasteiger partial charge >= 0.3 is 0 Å². The first-order chi connectivity index (χ1) is 5.38. The number of aliphatic hydroxyl groups is 1. The lowest BCUT2D eigenvalue weighted by atomic mass is 10.4. The van der Waals surface area contributed by atoms with Crippen molar-refractivity contribution in [2.75, 3.05) is 0 Å². The maximum absolute atomic E-state index is 10.6. The van der Waals surface area contributed by atoms with Crippen LogP contribution in [0.3, 0.4) is 0 Å². The first-order valence-electron chi connectivity index (χ1n) is 2.79. The lowest BCUT2D eigenvalue weighted by Crippen LogP contribution is -2.43. The minimum Gasteiger partial charge on any atom is -0.369 e. The largest absolute Gasteiger partial charge is 0.369 e. The zero-order chi connectivity index (χ0) is 9.78.